The molecule has 2 unspecified atom stereocenters. The molecule has 15 heavy (non-hydrogen) atoms. The van der Waals surface area contributed by atoms with Crippen molar-refractivity contribution in [3.63, 3.8) is 0 Å². The molecule has 0 spiro atoms. The second kappa shape index (κ2) is 5.47. The number of nitrogens with two attached hydrogens (primary N) is 1. The summed E-state index contributed by atoms with van der Waals surface area (Å²) in [6, 6.07) is 0. The molecule has 1 amide bonds. The van der Waals surface area contributed by atoms with Crippen molar-refractivity contribution >= 4 is 5.91 Å². The van der Waals surface area contributed by atoms with E-state index < -0.39 is 5.54 Å². The molecule has 1 aliphatic carbocycles. The Kier molecular flexibility index (Phi) is 4.54. The molecule has 3 N–H and O–H groups in total. The van der Waals surface area contributed by atoms with E-state index in [0.29, 0.717) is 13.0 Å². The lowest BCUT2D eigenvalue weighted by Gasteiger charge is -2.38. The molecule has 0 heterocycles. The number of hydrogen-bond donors (Lipinski definition) is 2. The number of likely N-dealkylation sites (N-methyl/N-ethyl adjacent to an activating group) is 1. The summed E-state index contributed by atoms with van der Waals surface area (Å²) in [5.41, 5.74) is 4.95. The molecule has 0 aromatic rings. The van der Waals surface area contributed by atoms with E-state index in [1.54, 1.807) is 0 Å². The van der Waals surface area contributed by atoms with Crippen molar-refractivity contribution < 1.29 is 9.53 Å². The maximum Gasteiger partial charge on any atom is 0.237 e. The first-order valence-electron chi connectivity index (χ1n) is 5.81. The topological polar surface area (TPSA) is 64.3 Å². The Morgan fingerprint density at radius 2 is 2.33 bits per heavy atom. The number of carbonyl (C=O) groups excluding carboxylic acids is 1. The van der Waals surface area contributed by atoms with Crippen LogP contribution in [0.1, 0.15) is 39.5 Å². The van der Waals surface area contributed by atoms with Crippen LogP contribution in [0.4, 0.5) is 0 Å². The zero-order chi connectivity index (χ0) is 11.3. The molecule has 2 atom stereocenters. The van der Waals surface area contributed by atoms with Gasteiger partial charge < -0.3 is 15.8 Å². The van der Waals surface area contributed by atoms with Crippen molar-refractivity contribution in [1.82, 2.24) is 5.32 Å². The van der Waals surface area contributed by atoms with Gasteiger partial charge in [0.1, 0.15) is 5.54 Å². The Hall–Kier alpha value is -0.610. The average Bonchev–Trinajstić information content (AvgIpc) is 2.19. The summed E-state index contributed by atoms with van der Waals surface area (Å²) in [6.45, 7) is 5.44. The smallest absolute Gasteiger partial charge is 0.237 e. The van der Waals surface area contributed by atoms with Crippen LogP contribution in [0.3, 0.4) is 0 Å². The number of primary amides is 1. The fourth-order valence-electron chi connectivity index (χ4n) is 2.41. The van der Waals surface area contributed by atoms with Crippen molar-refractivity contribution in [3.8, 4) is 0 Å². The van der Waals surface area contributed by atoms with Crippen LogP contribution in [0.15, 0.2) is 0 Å². The minimum absolute atomic E-state index is 0.176. The summed E-state index contributed by atoms with van der Waals surface area (Å²) in [4.78, 5) is 11.5. The van der Waals surface area contributed by atoms with Crippen LogP contribution in [0, 0.1) is 0 Å². The Balaban J connectivity index is 2.66. The third kappa shape index (κ3) is 2.92. The van der Waals surface area contributed by atoms with Gasteiger partial charge in [0.2, 0.25) is 5.91 Å². The van der Waals surface area contributed by atoms with Gasteiger partial charge in [-0.3, -0.25) is 4.79 Å². The number of amides is 1. The minimum atomic E-state index is -0.535. The van der Waals surface area contributed by atoms with Crippen molar-refractivity contribution in [1.29, 1.82) is 0 Å². The number of hydrogen-bond acceptors (Lipinski definition) is 3. The Morgan fingerprint density at radius 1 is 1.60 bits per heavy atom. The Morgan fingerprint density at radius 3 is 2.87 bits per heavy atom. The van der Waals surface area contributed by atoms with Gasteiger partial charge in [0.15, 0.2) is 0 Å². The molecule has 4 nitrogen and oxygen atoms in total. The van der Waals surface area contributed by atoms with E-state index >= 15 is 0 Å². The largest absolute Gasteiger partial charge is 0.378 e. The Labute approximate surface area is 91.5 Å². The van der Waals surface area contributed by atoms with E-state index in [4.69, 9.17) is 10.5 Å². The first-order valence-corrected chi connectivity index (χ1v) is 5.81. The first-order chi connectivity index (χ1) is 7.14. The van der Waals surface area contributed by atoms with E-state index in [1.165, 1.54) is 0 Å². The number of rotatable bonds is 5. The molecule has 0 radical (unpaired) electrons. The normalized spacial score (nSPS) is 31.5. The summed E-state index contributed by atoms with van der Waals surface area (Å²) in [7, 11) is 0. The zero-order valence-corrected chi connectivity index (χ0v) is 9.71. The average molecular weight is 214 g/mol. The molecule has 4 heteroatoms. The van der Waals surface area contributed by atoms with Gasteiger partial charge >= 0.3 is 0 Å². The van der Waals surface area contributed by atoms with E-state index in [1.807, 2.05) is 13.8 Å². The maximum atomic E-state index is 11.5. The van der Waals surface area contributed by atoms with Crippen molar-refractivity contribution in [2.75, 3.05) is 13.2 Å². The van der Waals surface area contributed by atoms with Crippen LogP contribution in [0.2, 0.25) is 0 Å². The molecule has 0 aromatic carbocycles. The summed E-state index contributed by atoms with van der Waals surface area (Å²) < 4.78 is 5.59. The second-order valence-electron chi connectivity index (χ2n) is 4.15. The van der Waals surface area contributed by atoms with E-state index in [0.717, 1.165) is 25.8 Å². The molecule has 1 fully saturated rings. The monoisotopic (exact) mass is 214 g/mol. The standard InChI is InChI=1S/C11H22N2O2/c1-3-13-11(10(12)14)7-5-6-9(8-11)15-4-2/h9,13H,3-8H2,1-2H3,(H2,12,14). The number of ether oxygens (including phenoxy) is 1. The second-order valence-corrected chi connectivity index (χ2v) is 4.15. The summed E-state index contributed by atoms with van der Waals surface area (Å²) in [6.07, 6.45) is 3.76. The highest BCUT2D eigenvalue weighted by molar-refractivity contribution is 5.84. The Bertz CT molecular complexity index is 215. The molecule has 0 bridgehead atoms. The molecule has 1 rings (SSSR count). The van der Waals surface area contributed by atoms with Crippen molar-refractivity contribution in [2.24, 2.45) is 5.73 Å². The van der Waals surface area contributed by atoms with Crippen molar-refractivity contribution in [2.45, 2.75) is 51.2 Å². The van der Waals surface area contributed by atoms with Gasteiger partial charge in [-0.1, -0.05) is 6.92 Å². The number of nitrogens with one attached hydrogen (secondary N) is 1. The van der Waals surface area contributed by atoms with Crippen LogP contribution in [0.5, 0.6) is 0 Å². The predicted octanol–water partition coefficient (Wildman–Crippen LogP) is 0.799. The maximum absolute atomic E-state index is 11.5. The molecule has 88 valence electrons. The fraction of sp³-hybridized carbons (Fsp3) is 0.909. The number of carbonyl (C=O) groups is 1. The molecule has 1 saturated carbocycles. The van der Waals surface area contributed by atoms with Gasteiger partial charge in [-0.05, 0) is 32.7 Å². The lowest BCUT2D eigenvalue weighted by molar-refractivity contribution is -0.128. The van der Waals surface area contributed by atoms with Crippen LogP contribution in [-0.4, -0.2) is 30.7 Å². The molecule has 0 saturated heterocycles. The summed E-state index contributed by atoms with van der Waals surface area (Å²) in [5.74, 6) is -0.242. The van der Waals surface area contributed by atoms with Gasteiger partial charge in [-0.15, -0.1) is 0 Å². The van der Waals surface area contributed by atoms with E-state index in [9.17, 15) is 4.79 Å². The highest BCUT2D eigenvalue weighted by Gasteiger charge is 2.40. The van der Waals surface area contributed by atoms with Crippen molar-refractivity contribution in [3.05, 3.63) is 0 Å². The SMILES string of the molecule is CCNC1(C(N)=O)CCCC(OCC)C1. The lowest BCUT2D eigenvalue weighted by Crippen LogP contribution is -2.58. The lowest BCUT2D eigenvalue weighted by atomic mass is 9.79. The highest BCUT2D eigenvalue weighted by Crippen LogP contribution is 2.30. The summed E-state index contributed by atoms with van der Waals surface area (Å²) in [5, 5.41) is 3.23. The van der Waals surface area contributed by atoms with Gasteiger partial charge in [0, 0.05) is 13.0 Å². The van der Waals surface area contributed by atoms with Crippen LogP contribution in [-0.2, 0) is 9.53 Å². The van der Waals surface area contributed by atoms with Gasteiger partial charge in [-0.2, -0.15) is 0 Å². The molecule has 0 aromatic heterocycles. The predicted molar refractivity (Wildman–Crippen MR) is 59.5 cm³/mol. The summed E-state index contributed by atoms with van der Waals surface area (Å²) >= 11 is 0. The van der Waals surface area contributed by atoms with Gasteiger partial charge in [-0.25, -0.2) is 0 Å². The third-order valence-corrected chi connectivity index (χ3v) is 3.09. The van der Waals surface area contributed by atoms with Gasteiger partial charge in [0.05, 0.1) is 6.10 Å². The van der Waals surface area contributed by atoms with Crippen LogP contribution in [0.25, 0.3) is 0 Å². The fourth-order valence-corrected chi connectivity index (χ4v) is 2.41. The molecule has 1 aliphatic rings. The highest BCUT2D eigenvalue weighted by atomic mass is 16.5. The minimum Gasteiger partial charge on any atom is -0.378 e. The van der Waals surface area contributed by atoms with Gasteiger partial charge in [0.25, 0.3) is 0 Å². The van der Waals surface area contributed by atoms with Crippen LogP contribution >= 0.6 is 0 Å². The molecular weight excluding hydrogens is 192 g/mol. The molecule has 0 aliphatic heterocycles. The van der Waals surface area contributed by atoms with Crippen LogP contribution < -0.4 is 11.1 Å². The van der Waals surface area contributed by atoms with E-state index in [-0.39, 0.29) is 12.0 Å². The zero-order valence-electron chi connectivity index (χ0n) is 9.71. The van der Waals surface area contributed by atoms with E-state index in [2.05, 4.69) is 5.32 Å². The first kappa shape index (κ1) is 12.5. The molecular formula is C11H22N2O2. The third-order valence-electron chi connectivity index (χ3n) is 3.09. The quantitative estimate of drug-likeness (QED) is 0.711.